The van der Waals surface area contributed by atoms with Crippen molar-refractivity contribution in [1.82, 2.24) is 4.57 Å². The molecule has 0 unspecified atom stereocenters. The van der Waals surface area contributed by atoms with Crippen molar-refractivity contribution in [2.24, 2.45) is 5.92 Å². The van der Waals surface area contributed by atoms with Crippen LogP contribution in [0.2, 0.25) is 0 Å². The molecule has 0 radical (unpaired) electrons. The molecule has 2 aromatic rings. The lowest BCUT2D eigenvalue weighted by atomic mass is 10.0. The van der Waals surface area contributed by atoms with Crippen LogP contribution in [0.25, 0.3) is 10.9 Å². The number of fused-ring (bicyclic) bond motifs is 1. The zero-order valence-corrected chi connectivity index (χ0v) is 11.0. The normalized spacial score (nSPS) is 16.6. The van der Waals surface area contributed by atoms with Crippen LogP contribution in [0.4, 0.5) is 4.39 Å². The average molecular weight is 277 g/mol. The van der Waals surface area contributed by atoms with Crippen molar-refractivity contribution in [3.05, 3.63) is 35.8 Å². The number of hydrogen-bond acceptors (Lipinski definition) is 2. The van der Waals surface area contributed by atoms with Gasteiger partial charge in [-0.1, -0.05) is 12.1 Å². The molecule has 106 valence electrons. The van der Waals surface area contributed by atoms with Crippen LogP contribution in [0.5, 0.6) is 0 Å². The van der Waals surface area contributed by atoms with E-state index in [0.29, 0.717) is 23.4 Å². The fourth-order valence-electron chi connectivity index (χ4n) is 2.84. The van der Waals surface area contributed by atoms with Crippen molar-refractivity contribution in [2.75, 3.05) is 13.2 Å². The first-order chi connectivity index (χ1) is 9.66. The van der Waals surface area contributed by atoms with Gasteiger partial charge in [0, 0.05) is 31.3 Å². The Hall–Kier alpha value is -1.88. The van der Waals surface area contributed by atoms with E-state index >= 15 is 0 Å². The number of nitrogens with zero attached hydrogens (tertiary/aromatic N) is 1. The Kier molecular flexibility index (Phi) is 3.44. The van der Waals surface area contributed by atoms with Gasteiger partial charge in [-0.05, 0) is 24.8 Å². The number of ether oxygens (including phenoxy) is 1. The molecule has 1 saturated heterocycles. The lowest BCUT2D eigenvalue weighted by Gasteiger charge is -2.22. The van der Waals surface area contributed by atoms with Crippen molar-refractivity contribution in [2.45, 2.75) is 19.4 Å². The second-order valence-corrected chi connectivity index (χ2v) is 5.19. The number of hydrogen-bond donors (Lipinski definition) is 1. The minimum absolute atomic E-state index is 0.159. The van der Waals surface area contributed by atoms with Crippen molar-refractivity contribution < 1.29 is 19.0 Å². The van der Waals surface area contributed by atoms with Crippen molar-refractivity contribution in [3.63, 3.8) is 0 Å². The van der Waals surface area contributed by atoms with Crippen LogP contribution < -0.4 is 0 Å². The van der Waals surface area contributed by atoms with Crippen molar-refractivity contribution in [1.29, 1.82) is 0 Å². The molecular formula is C15H16FNO3. The van der Waals surface area contributed by atoms with E-state index in [4.69, 9.17) is 4.74 Å². The molecule has 0 aliphatic carbocycles. The van der Waals surface area contributed by atoms with Gasteiger partial charge in [-0.15, -0.1) is 0 Å². The fraction of sp³-hybridized carbons (Fsp3) is 0.400. The predicted octanol–water partition coefficient (Wildman–Crippen LogP) is 2.91. The van der Waals surface area contributed by atoms with E-state index in [2.05, 4.69) is 0 Å². The Morgan fingerprint density at radius 3 is 2.85 bits per heavy atom. The molecule has 1 N–H and O–H groups in total. The van der Waals surface area contributed by atoms with Crippen LogP contribution in [-0.2, 0) is 11.3 Å². The van der Waals surface area contributed by atoms with Crippen LogP contribution in [0.15, 0.2) is 24.4 Å². The Morgan fingerprint density at radius 2 is 2.15 bits per heavy atom. The molecule has 1 aromatic carbocycles. The maximum Gasteiger partial charge on any atom is 0.337 e. The molecule has 5 heteroatoms. The number of para-hydroxylation sites is 1. The fourth-order valence-corrected chi connectivity index (χ4v) is 2.84. The predicted molar refractivity (Wildman–Crippen MR) is 72.4 cm³/mol. The molecule has 20 heavy (non-hydrogen) atoms. The summed E-state index contributed by atoms with van der Waals surface area (Å²) in [5.74, 6) is -0.992. The minimum Gasteiger partial charge on any atom is -0.478 e. The van der Waals surface area contributed by atoms with E-state index in [0.717, 1.165) is 26.1 Å². The summed E-state index contributed by atoms with van der Waals surface area (Å²) in [6, 6.07) is 4.57. The topological polar surface area (TPSA) is 51.5 Å². The molecular weight excluding hydrogens is 261 g/mol. The van der Waals surface area contributed by atoms with E-state index in [1.165, 1.54) is 6.07 Å². The molecule has 0 atom stereocenters. The summed E-state index contributed by atoms with van der Waals surface area (Å²) in [5.41, 5.74) is 0.544. The van der Waals surface area contributed by atoms with Gasteiger partial charge in [0.1, 0.15) is 5.82 Å². The monoisotopic (exact) mass is 277 g/mol. The maximum atomic E-state index is 14.0. The van der Waals surface area contributed by atoms with Crippen LogP contribution in [-0.4, -0.2) is 28.9 Å². The summed E-state index contributed by atoms with van der Waals surface area (Å²) in [7, 11) is 0. The Balaban J connectivity index is 2.03. The van der Waals surface area contributed by atoms with E-state index < -0.39 is 5.97 Å². The van der Waals surface area contributed by atoms with Crippen molar-refractivity contribution in [3.8, 4) is 0 Å². The molecule has 1 aliphatic heterocycles. The van der Waals surface area contributed by atoms with Crippen LogP contribution >= 0.6 is 0 Å². The molecule has 0 spiro atoms. The molecule has 0 saturated carbocycles. The van der Waals surface area contributed by atoms with Crippen LogP contribution in [0, 0.1) is 11.7 Å². The first-order valence-corrected chi connectivity index (χ1v) is 6.75. The first-order valence-electron chi connectivity index (χ1n) is 6.75. The lowest BCUT2D eigenvalue weighted by molar-refractivity contribution is 0.0614. The number of rotatable bonds is 3. The largest absolute Gasteiger partial charge is 0.478 e. The second kappa shape index (κ2) is 5.25. The van der Waals surface area contributed by atoms with Crippen LogP contribution in [0.1, 0.15) is 23.2 Å². The molecule has 0 amide bonds. The standard InChI is InChI=1S/C15H16FNO3/c16-13-3-1-2-11-12(15(18)19)9-17(14(11)13)8-10-4-6-20-7-5-10/h1-3,9-10H,4-8H2,(H,18,19). The summed E-state index contributed by atoms with van der Waals surface area (Å²) in [6.45, 7) is 2.07. The third kappa shape index (κ3) is 2.29. The molecule has 1 aliphatic rings. The first kappa shape index (κ1) is 13.1. The van der Waals surface area contributed by atoms with E-state index in [9.17, 15) is 14.3 Å². The number of halogens is 1. The number of aromatic nitrogens is 1. The van der Waals surface area contributed by atoms with Gasteiger partial charge in [0.15, 0.2) is 0 Å². The zero-order chi connectivity index (χ0) is 14.1. The highest BCUT2D eigenvalue weighted by Crippen LogP contribution is 2.27. The Morgan fingerprint density at radius 1 is 1.40 bits per heavy atom. The zero-order valence-electron chi connectivity index (χ0n) is 11.0. The second-order valence-electron chi connectivity index (χ2n) is 5.19. The van der Waals surface area contributed by atoms with Gasteiger partial charge < -0.3 is 14.4 Å². The smallest absolute Gasteiger partial charge is 0.337 e. The summed E-state index contributed by atoms with van der Waals surface area (Å²) in [6.07, 6.45) is 3.40. The number of benzene rings is 1. The number of carboxylic acid groups (broad SMARTS) is 1. The van der Waals surface area contributed by atoms with Gasteiger partial charge in [-0.25, -0.2) is 9.18 Å². The van der Waals surface area contributed by atoms with Gasteiger partial charge in [-0.2, -0.15) is 0 Å². The van der Waals surface area contributed by atoms with E-state index in [1.54, 1.807) is 22.9 Å². The number of carbonyl (C=O) groups is 1. The SMILES string of the molecule is O=C(O)c1cn(CC2CCOCC2)c2c(F)cccc12. The summed E-state index contributed by atoms with van der Waals surface area (Å²) >= 11 is 0. The van der Waals surface area contributed by atoms with Gasteiger partial charge in [-0.3, -0.25) is 0 Å². The highest BCUT2D eigenvalue weighted by Gasteiger charge is 2.20. The third-order valence-electron chi connectivity index (χ3n) is 3.88. The molecule has 0 bridgehead atoms. The van der Waals surface area contributed by atoms with Gasteiger partial charge >= 0.3 is 5.97 Å². The molecule has 4 nitrogen and oxygen atoms in total. The van der Waals surface area contributed by atoms with Gasteiger partial charge in [0.2, 0.25) is 0 Å². The highest BCUT2D eigenvalue weighted by atomic mass is 19.1. The van der Waals surface area contributed by atoms with E-state index in [-0.39, 0.29) is 11.4 Å². The lowest BCUT2D eigenvalue weighted by Crippen LogP contribution is -2.20. The summed E-state index contributed by atoms with van der Waals surface area (Å²) < 4.78 is 21.1. The molecule has 1 aromatic heterocycles. The maximum absolute atomic E-state index is 14.0. The molecule has 1 fully saturated rings. The van der Waals surface area contributed by atoms with Gasteiger partial charge in [0.05, 0.1) is 11.1 Å². The number of aromatic carboxylic acids is 1. The summed E-state index contributed by atoms with van der Waals surface area (Å²) in [4.78, 5) is 11.3. The van der Waals surface area contributed by atoms with Crippen LogP contribution in [0.3, 0.4) is 0 Å². The van der Waals surface area contributed by atoms with Crippen molar-refractivity contribution >= 4 is 16.9 Å². The Bertz CT molecular complexity index is 644. The highest BCUT2D eigenvalue weighted by molar-refractivity contribution is 6.03. The van der Waals surface area contributed by atoms with Gasteiger partial charge in [0.25, 0.3) is 0 Å². The quantitative estimate of drug-likeness (QED) is 0.938. The average Bonchev–Trinajstić information content (AvgIpc) is 2.80. The van der Waals surface area contributed by atoms with E-state index in [1.807, 2.05) is 0 Å². The molecule has 3 rings (SSSR count). The summed E-state index contributed by atoms with van der Waals surface area (Å²) in [5, 5.41) is 9.70. The minimum atomic E-state index is -1.02. The third-order valence-corrected chi connectivity index (χ3v) is 3.88. The number of carboxylic acids is 1. The Labute approximate surface area is 115 Å². The molecule has 2 heterocycles.